The van der Waals surface area contributed by atoms with Gasteiger partial charge in [0.25, 0.3) is 0 Å². The molecule has 2 rings (SSSR count). The number of rotatable bonds is 8. The predicted molar refractivity (Wildman–Crippen MR) is 83.9 cm³/mol. The Bertz CT molecular complexity index is 441. The van der Waals surface area contributed by atoms with Gasteiger partial charge in [-0.1, -0.05) is 13.8 Å². The minimum absolute atomic E-state index is 0.373. The molecule has 1 aromatic heterocycles. The molecule has 7 heteroatoms. The molecule has 1 saturated heterocycles. The molecule has 7 nitrogen and oxygen atoms in total. The summed E-state index contributed by atoms with van der Waals surface area (Å²) < 4.78 is 5.50. The van der Waals surface area contributed by atoms with Gasteiger partial charge in [-0.25, -0.2) is 0 Å². The molecule has 0 spiro atoms. The van der Waals surface area contributed by atoms with Gasteiger partial charge in [0.2, 0.25) is 11.9 Å². The number of anilines is 2. The van der Waals surface area contributed by atoms with Crippen LogP contribution in [0.25, 0.3) is 0 Å². The highest BCUT2D eigenvalue weighted by molar-refractivity contribution is 5.35. The van der Waals surface area contributed by atoms with Crippen molar-refractivity contribution in [2.24, 2.45) is 0 Å². The van der Waals surface area contributed by atoms with E-state index in [2.05, 4.69) is 44.3 Å². The van der Waals surface area contributed by atoms with Gasteiger partial charge in [-0.05, 0) is 32.4 Å². The van der Waals surface area contributed by atoms with E-state index in [1.165, 1.54) is 19.4 Å². The zero-order valence-corrected chi connectivity index (χ0v) is 13.2. The van der Waals surface area contributed by atoms with Gasteiger partial charge in [0.1, 0.15) is 0 Å². The van der Waals surface area contributed by atoms with Gasteiger partial charge < -0.3 is 15.4 Å². The zero-order valence-electron chi connectivity index (χ0n) is 13.2. The van der Waals surface area contributed by atoms with E-state index in [0.29, 0.717) is 30.6 Å². The van der Waals surface area contributed by atoms with Gasteiger partial charge in [0, 0.05) is 19.6 Å². The number of aromatic nitrogens is 3. The van der Waals surface area contributed by atoms with Crippen molar-refractivity contribution in [3.05, 3.63) is 0 Å². The highest BCUT2D eigenvalue weighted by Crippen LogP contribution is 2.17. The second-order valence-corrected chi connectivity index (χ2v) is 5.17. The van der Waals surface area contributed by atoms with Gasteiger partial charge >= 0.3 is 6.01 Å². The molecule has 0 amide bonds. The van der Waals surface area contributed by atoms with Gasteiger partial charge in [0.15, 0.2) is 0 Å². The van der Waals surface area contributed by atoms with Crippen LogP contribution in [-0.2, 0) is 0 Å². The predicted octanol–water partition coefficient (Wildman–Crippen LogP) is 1.60. The molecule has 0 aliphatic carbocycles. The van der Waals surface area contributed by atoms with E-state index in [9.17, 15) is 0 Å². The van der Waals surface area contributed by atoms with Crippen LogP contribution < -0.4 is 15.4 Å². The number of nitrogens with zero attached hydrogens (tertiary/aromatic N) is 4. The third kappa shape index (κ3) is 4.42. The van der Waals surface area contributed by atoms with Crippen LogP contribution in [0.15, 0.2) is 0 Å². The molecule has 118 valence electrons. The van der Waals surface area contributed by atoms with Crippen LogP contribution >= 0.6 is 0 Å². The highest BCUT2D eigenvalue weighted by atomic mass is 16.5. The average molecular weight is 294 g/mol. The SMILES string of the molecule is CCCOc1nc(NC)nc(NCC2CCCN2CC)n1. The summed E-state index contributed by atoms with van der Waals surface area (Å²) in [6, 6.07) is 0.933. The third-order valence-corrected chi connectivity index (χ3v) is 3.67. The summed E-state index contributed by atoms with van der Waals surface area (Å²) in [5.41, 5.74) is 0. The van der Waals surface area contributed by atoms with Crippen molar-refractivity contribution in [2.75, 3.05) is 43.9 Å². The summed E-state index contributed by atoms with van der Waals surface area (Å²) in [5, 5.41) is 6.26. The molecule has 1 aromatic rings. The summed E-state index contributed by atoms with van der Waals surface area (Å²) >= 11 is 0. The third-order valence-electron chi connectivity index (χ3n) is 3.67. The van der Waals surface area contributed by atoms with Crippen molar-refractivity contribution < 1.29 is 4.74 Å². The Morgan fingerprint density at radius 1 is 1.24 bits per heavy atom. The molecule has 1 aliphatic rings. The van der Waals surface area contributed by atoms with Crippen LogP contribution in [0.4, 0.5) is 11.9 Å². The molecule has 0 aromatic carbocycles. The maximum absolute atomic E-state index is 5.50. The number of hydrogen-bond donors (Lipinski definition) is 2. The Morgan fingerprint density at radius 2 is 2.05 bits per heavy atom. The molecule has 0 radical (unpaired) electrons. The number of ether oxygens (including phenoxy) is 1. The Labute approximate surface area is 126 Å². The lowest BCUT2D eigenvalue weighted by Gasteiger charge is -2.22. The lowest BCUT2D eigenvalue weighted by molar-refractivity contribution is 0.276. The fraction of sp³-hybridized carbons (Fsp3) is 0.786. The molecule has 1 fully saturated rings. The summed E-state index contributed by atoms with van der Waals surface area (Å²) in [6.07, 6.45) is 3.42. The fourth-order valence-corrected chi connectivity index (χ4v) is 2.56. The number of likely N-dealkylation sites (tertiary alicyclic amines) is 1. The molecule has 2 N–H and O–H groups in total. The van der Waals surface area contributed by atoms with Crippen LogP contribution in [0.5, 0.6) is 6.01 Å². The van der Waals surface area contributed by atoms with Crippen LogP contribution in [-0.4, -0.2) is 59.2 Å². The summed E-state index contributed by atoms with van der Waals surface area (Å²) in [7, 11) is 1.79. The second-order valence-electron chi connectivity index (χ2n) is 5.17. The molecule has 1 atom stereocenters. The van der Waals surface area contributed by atoms with Crippen molar-refractivity contribution in [3.63, 3.8) is 0 Å². The number of nitrogens with one attached hydrogen (secondary N) is 2. The Balaban J connectivity index is 1.97. The maximum atomic E-state index is 5.50. The molecule has 0 bridgehead atoms. The van der Waals surface area contributed by atoms with Crippen LogP contribution in [0, 0.1) is 0 Å². The van der Waals surface area contributed by atoms with E-state index in [1.807, 2.05) is 0 Å². The minimum atomic E-state index is 0.373. The largest absolute Gasteiger partial charge is 0.463 e. The van der Waals surface area contributed by atoms with Crippen LogP contribution in [0.2, 0.25) is 0 Å². The van der Waals surface area contributed by atoms with E-state index in [-0.39, 0.29) is 0 Å². The van der Waals surface area contributed by atoms with Gasteiger partial charge in [-0.3, -0.25) is 4.90 Å². The Kier molecular flexibility index (Phi) is 5.98. The van der Waals surface area contributed by atoms with Gasteiger partial charge in [-0.15, -0.1) is 0 Å². The average Bonchev–Trinajstić information content (AvgIpc) is 2.98. The monoisotopic (exact) mass is 294 g/mol. The zero-order chi connectivity index (χ0) is 15.1. The minimum Gasteiger partial charge on any atom is -0.463 e. The Morgan fingerprint density at radius 3 is 2.76 bits per heavy atom. The molecule has 21 heavy (non-hydrogen) atoms. The summed E-state index contributed by atoms with van der Waals surface area (Å²) in [6.45, 7) is 8.01. The smallest absolute Gasteiger partial charge is 0.323 e. The quantitative estimate of drug-likeness (QED) is 0.754. The first-order valence-electron chi connectivity index (χ1n) is 7.81. The first-order chi connectivity index (χ1) is 10.3. The normalized spacial score (nSPS) is 18.7. The fourth-order valence-electron chi connectivity index (χ4n) is 2.56. The van der Waals surface area contributed by atoms with E-state index in [1.54, 1.807) is 7.05 Å². The first kappa shape index (κ1) is 15.8. The molecular weight excluding hydrogens is 268 g/mol. The highest BCUT2D eigenvalue weighted by Gasteiger charge is 2.22. The van der Waals surface area contributed by atoms with Crippen molar-refractivity contribution in [1.29, 1.82) is 0 Å². The van der Waals surface area contributed by atoms with Crippen molar-refractivity contribution >= 4 is 11.9 Å². The lowest BCUT2D eigenvalue weighted by atomic mass is 10.2. The van der Waals surface area contributed by atoms with Crippen molar-refractivity contribution in [2.45, 2.75) is 39.2 Å². The topological polar surface area (TPSA) is 75.2 Å². The second kappa shape index (κ2) is 7.97. The standard InChI is InChI=1S/C14H26N6O/c1-4-9-21-14-18-12(15-3)17-13(19-14)16-10-11-7-6-8-20(11)5-2/h11H,4-10H2,1-3H3,(H2,15,16,17,18,19). The Hall–Kier alpha value is -1.63. The van der Waals surface area contributed by atoms with E-state index in [4.69, 9.17) is 4.74 Å². The van der Waals surface area contributed by atoms with E-state index >= 15 is 0 Å². The lowest BCUT2D eigenvalue weighted by Crippen LogP contribution is -2.35. The van der Waals surface area contributed by atoms with E-state index in [0.717, 1.165) is 19.5 Å². The van der Waals surface area contributed by atoms with Crippen LogP contribution in [0.3, 0.4) is 0 Å². The van der Waals surface area contributed by atoms with Crippen molar-refractivity contribution in [1.82, 2.24) is 19.9 Å². The number of hydrogen-bond acceptors (Lipinski definition) is 7. The number of likely N-dealkylation sites (N-methyl/N-ethyl adjacent to an activating group) is 1. The summed E-state index contributed by atoms with van der Waals surface area (Å²) in [4.78, 5) is 15.3. The maximum Gasteiger partial charge on any atom is 0.323 e. The molecule has 1 aliphatic heterocycles. The van der Waals surface area contributed by atoms with Crippen molar-refractivity contribution in [3.8, 4) is 6.01 Å². The van der Waals surface area contributed by atoms with E-state index < -0.39 is 0 Å². The molecule has 2 heterocycles. The molecular formula is C14H26N6O. The molecule has 0 saturated carbocycles. The van der Waals surface area contributed by atoms with Gasteiger partial charge in [0.05, 0.1) is 6.61 Å². The van der Waals surface area contributed by atoms with Gasteiger partial charge in [-0.2, -0.15) is 15.0 Å². The first-order valence-corrected chi connectivity index (χ1v) is 7.81. The molecule has 1 unspecified atom stereocenters. The van der Waals surface area contributed by atoms with Crippen LogP contribution in [0.1, 0.15) is 33.1 Å². The summed E-state index contributed by atoms with van der Waals surface area (Å²) in [5.74, 6) is 1.10.